The minimum absolute atomic E-state index is 0. The molecule has 0 unspecified atom stereocenters. The molecule has 0 heterocycles. The van der Waals surface area contributed by atoms with Crippen LogP contribution in [0.2, 0.25) is 0 Å². The van der Waals surface area contributed by atoms with Crippen LogP contribution in [0, 0.1) is 0 Å². The summed E-state index contributed by atoms with van der Waals surface area (Å²) in [6, 6.07) is 0. The van der Waals surface area contributed by atoms with Crippen LogP contribution >= 0.6 is 0 Å². The van der Waals surface area contributed by atoms with Gasteiger partial charge in [0.25, 0.3) is 0 Å². The van der Waals surface area contributed by atoms with Gasteiger partial charge in [-0.25, -0.2) is 0 Å². The van der Waals surface area contributed by atoms with Crippen LogP contribution in [-0.2, 0) is 100 Å². The van der Waals surface area contributed by atoms with Gasteiger partial charge in [0.1, 0.15) is 0 Å². The van der Waals surface area contributed by atoms with E-state index >= 15 is 0 Å². The minimum Gasteiger partial charge on any atom is 0 e. The second kappa shape index (κ2) is 256. The molecule has 0 aromatic heterocycles. The van der Waals surface area contributed by atoms with Crippen LogP contribution in [0.4, 0.5) is 0 Å². The quantitative estimate of drug-likeness (QED) is 0.325. The average molecular weight is 468 g/mol. The van der Waals surface area contributed by atoms with Gasteiger partial charge in [0.15, 0.2) is 0 Å². The third-order valence-corrected chi connectivity index (χ3v) is 0. The maximum Gasteiger partial charge on any atom is 0 e. The van der Waals surface area contributed by atoms with Crippen molar-refractivity contribution >= 4 is 18.6 Å². The van der Waals surface area contributed by atoms with E-state index < -0.39 is 18.6 Å². The molecule has 0 aliphatic rings. The van der Waals surface area contributed by atoms with Crippen molar-refractivity contribution in [3.05, 3.63) is 0 Å². The Hall–Kier alpha value is 1.61. The van der Waals surface area contributed by atoms with E-state index in [-0.39, 0.29) is 91.9 Å². The maximum absolute atomic E-state index is 8.40. The Morgan fingerprint density at radius 1 is 0.533 bits per heavy atom. The van der Waals surface area contributed by atoms with Crippen molar-refractivity contribution in [2.24, 2.45) is 0 Å². The van der Waals surface area contributed by atoms with Gasteiger partial charge in [0.05, 0.1) is 0 Å². The molecule has 0 spiro atoms. The summed E-state index contributed by atoms with van der Waals surface area (Å²) >= 11 is 0.250. The normalized spacial score (nSPS) is 1.87. The zero-order chi connectivity index (χ0) is 9.41. The summed E-state index contributed by atoms with van der Waals surface area (Å²) in [5.41, 5.74) is 0. The predicted octanol–water partition coefficient (Wildman–Crippen LogP) is -3.96. The van der Waals surface area contributed by atoms with Crippen molar-refractivity contribution in [3.63, 3.8) is 0 Å². The third kappa shape index (κ3) is 1120. The Labute approximate surface area is 134 Å². The molecule has 0 fully saturated rings. The fourth-order valence-electron chi connectivity index (χ4n) is 0. The summed E-state index contributed by atoms with van der Waals surface area (Å²) in [6.45, 7) is 0. The first-order valence-corrected chi connectivity index (χ1v) is 5.45. The molecule has 9 nitrogen and oxygen atoms in total. The molecule has 15 heavy (non-hydrogen) atoms. The summed E-state index contributed by atoms with van der Waals surface area (Å²) in [4.78, 5) is 0. The van der Waals surface area contributed by atoms with Crippen molar-refractivity contribution in [1.29, 1.82) is 0 Å². The van der Waals surface area contributed by atoms with Gasteiger partial charge in [0.2, 0.25) is 0 Å². The maximum atomic E-state index is 8.40. The molecule has 0 aromatic rings. The van der Waals surface area contributed by atoms with Crippen LogP contribution < -0.4 is 0 Å². The fourth-order valence-corrected chi connectivity index (χ4v) is 0. The van der Waals surface area contributed by atoms with E-state index in [1.807, 2.05) is 0 Å². The second-order valence-electron chi connectivity index (χ2n) is 0.167. The number of rotatable bonds is 0. The van der Waals surface area contributed by atoms with E-state index in [1.54, 1.807) is 0 Å². The SMILES string of the molecule is O.O.O.O=[Si]=O.O=[Si]=O.[O]=[Zn].[O]=[Zn].[Zn].[Zn]. The molecule has 0 aromatic carbocycles. The van der Waals surface area contributed by atoms with E-state index in [1.165, 1.54) is 0 Å². The molecular weight excluding hydrogens is 462 g/mol. The molecule has 0 saturated heterocycles. The second-order valence-corrected chi connectivity index (χ2v) is 0.500. The minimum atomic E-state index is -1.42. The van der Waals surface area contributed by atoms with Gasteiger partial charge in [-0.3, -0.25) is 17.8 Å². The van der Waals surface area contributed by atoms with Crippen LogP contribution in [0.15, 0.2) is 0 Å². The van der Waals surface area contributed by atoms with E-state index in [0.717, 1.165) is 0 Å². The Morgan fingerprint density at radius 3 is 0.533 bits per heavy atom. The van der Waals surface area contributed by atoms with Gasteiger partial charge in [0, 0.05) is 39.0 Å². The van der Waals surface area contributed by atoms with Gasteiger partial charge in [-0.2, -0.15) is 0 Å². The first kappa shape index (κ1) is 69.9. The van der Waals surface area contributed by atoms with Gasteiger partial charge in [-0.15, -0.1) is 0 Å². The predicted molar refractivity (Wildman–Crippen MR) is 26.5 cm³/mol. The number of hydrogen-bond donors (Lipinski definition) is 0. The zero-order valence-electron chi connectivity index (χ0n) is 7.78. The van der Waals surface area contributed by atoms with E-state index in [2.05, 4.69) is 0 Å². The average Bonchev–Trinajstić information content (AvgIpc) is 1.99. The topological polar surface area (TPSA) is 197 Å². The van der Waals surface area contributed by atoms with E-state index in [9.17, 15) is 0 Å². The van der Waals surface area contributed by atoms with Crippen molar-refractivity contribution in [1.82, 2.24) is 0 Å². The standard InChI is InChI=1S/2O2Si.3H2O.2O.4Zn/c2*1-3-2;;;;;;;;;/h;;3*1H2;;;;;;. The monoisotopic (exact) mass is 462 g/mol. The van der Waals surface area contributed by atoms with Crippen molar-refractivity contribution in [2.45, 2.75) is 0 Å². The van der Waals surface area contributed by atoms with Crippen molar-refractivity contribution in [3.8, 4) is 0 Å². The molecule has 0 atom stereocenters. The molecule has 0 bridgehead atoms. The molecule has 0 amide bonds. The molecule has 0 aliphatic heterocycles. The van der Waals surface area contributed by atoms with Gasteiger partial charge >= 0.3 is 62.2 Å². The van der Waals surface area contributed by atoms with E-state index in [0.29, 0.717) is 0 Å². The molecule has 0 aliphatic carbocycles. The Morgan fingerprint density at radius 2 is 0.533 bits per heavy atom. The van der Waals surface area contributed by atoms with Crippen LogP contribution in [0.5, 0.6) is 0 Å². The van der Waals surface area contributed by atoms with Crippen LogP contribution in [0.25, 0.3) is 0 Å². The fraction of sp³-hybridized carbons (Fsp3) is 0. The first-order valence-electron chi connectivity index (χ1n) is 1.39. The largest absolute Gasteiger partial charge is 0 e. The smallest absolute Gasteiger partial charge is 0 e. The summed E-state index contributed by atoms with van der Waals surface area (Å²) in [5.74, 6) is 0. The molecule has 76 valence electrons. The van der Waals surface area contributed by atoms with E-state index in [4.69, 9.17) is 25.0 Å². The van der Waals surface area contributed by atoms with Crippen LogP contribution in [0.3, 0.4) is 0 Å². The number of hydrogen-bond acceptors (Lipinski definition) is 6. The molecule has 0 saturated carbocycles. The Bertz CT molecular complexity index is 92.7. The van der Waals surface area contributed by atoms with Gasteiger partial charge in [-0.1, -0.05) is 0 Å². The molecular formula is H6O9Si2Zn4. The van der Waals surface area contributed by atoms with Crippen LogP contribution in [-0.4, -0.2) is 35.0 Å². The van der Waals surface area contributed by atoms with Gasteiger partial charge in [-0.05, 0) is 0 Å². The molecule has 0 radical (unpaired) electrons. The van der Waals surface area contributed by atoms with Crippen molar-refractivity contribution < 1.29 is 117 Å². The Balaban J connectivity index is -0.00000000418. The van der Waals surface area contributed by atoms with Crippen LogP contribution in [0.1, 0.15) is 0 Å². The third-order valence-electron chi connectivity index (χ3n) is 0. The van der Waals surface area contributed by atoms with Gasteiger partial charge < -0.3 is 16.4 Å². The molecule has 6 N–H and O–H groups in total. The first-order chi connectivity index (χ1) is 4.83. The van der Waals surface area contributed by atoms with Crippen molar-refractivity contribution in [2.75, 3.05) is 0 Å². The summed E-state index contributed by atoms with van der Waals surface area (Å²) in [6.07, 6.45) is 0. The summed E-state index contributed by atoms with van der Waals surface area (Å²) < 4.78 is 50.4. The summed E-state index contributed by atoms with van der Waals surface area (Å²) in [7, 11) is -2.83. The Kier molecular flexibility index (Phi) is 1190. The summed E-state index contributed by atoms with van der Waals surface area (Å²) in [5, 5.41) is 0. The molecule has 0 rings (SSSR count). The molecule has 15 heteroatoms. The zero-order valence-corrected chi connectivity index (χ0v) is 21.6.